The number of aryl methyl sites for hydroxylation is 1. The third kappa shape index (κ3) is 1.90. The maximum atomic E-state index is 13.1. The molecule has 0 amide bonds. The third-order valence-electron chi connectivity index (χ3n) is 3.06. The quantitative estimate of drug-likeness (QED) is 0.741. The van der Waals surface area contributed by atoms with Crippen LogP contribution in [0.4, 0.5) is 10.2 Å². The van der Waals surface area contributed by atoms with Gasteiger partial charge in [-0.15, -0.1) is 0 Å². The number of hydrogen-bond donors (Lipinski definition) is 1. The first-order valence-electron chi connectivity index (χ1n) is 5.77. The van der Waals surface area contributed by atoms with E-state index in [1.54, 1.807) is 6.07 Å². The number of fused-ring (bicyclic) bond motifs is 1. The van der Waals surface area contributed by atoms with Crippen molar-refractivity contribution in [1.29, 1.82) is 0 Å². The van der Waals surface area contributed by atoms with Crippen LogP contribution >= 0.6 is 15.9 Å². The molecule has 2 heterocycles. The molecule has 5 heteroatoms. The van der Waals surface area contributed by atoms with E-state index in [9.17, 15) is 4.39 Å². The number of nitrogens with zero attached hydrogens (tertiary/aromatic N) is 2. The fourth-order valence-corrected chi connectivity index (χ4v) is 2.70. The van der Waals surface area contributed by atoms with Crippen molar-refractivity contribution in [3.8, 4) is 11.3 Å². The Hall–Kier alpha value is -1.88. The van der Waals surface area contributed by atoms with Crippen molar-refractivity contribution >= 4 is 27.4 Å². The molecule has 96 valence electrons. The molecule has 0 aliphatic carbocycles. The van der Waals surface area contributed by atoms with Gasteiger partial charge in [-0.25, -0.2) is 9.37 Å². The first-order chi connectivity index (χ1) is 9.08. The van der Waals surface area contributed by atoms with Gasteiger partial charge in [-0.2, -0.15) is 0 Å². The van der Waals surface area contributed by atoms with E-state index >= 15 is 0 Å². The van der Waals surface area contributed by atoms with Gasteiger partial charge in [0.25, 0.3) is 0 Å². The molecule has 0 bridgehead atoms. The van der Waals surface area contributed by atoms with Gasteiger partial charge >= 0.3 is 0 Å². The average molecular weight is 320 g/mol. The van der Waals surface area contributed by atoms with Crippen LogP contribution in [0.25, 0.3) is 16.9 Å². The fraction of sp³-hybridized carbons (Fsp3) is 0.0714. The minimum Gasteiger partial charge on any atom is -0.383 e. The van der Waals surface area contributed by atoms with Crippen molar-refractivity contribution in [2.75, 3.05) is 5.73 Å². The lowest BCUT2D eigenvalue weighted by molar-refractivity contribution is 0.627. The molecule has 0 spiro atoms. The van der Waals surface area contributed by atoms with E-state index in [1.807, 2.05) is 29.5 Å². The number of rotatable bonds is 1. The van der Waals surface area contributed by atoms with Crippen LogP contribution in [0.1, 0.15) is 5.69 Å². The van der Waals surface area contributed by atoms with Crippen molar-refractivity contribution in [2.24, 2.45) is 0 Å². The van der Waals surface area contributed by atoms with Crippen molar-refractivity contribution in [1.82, 2.24) is 9.38 Å². The van der Waals surface area contributed by atoms with Gasteiger partial charge in [0.05, 0.1) is 0 Å². The average Bonchev–Trinajstić information content (AvgIpc) is 2.68. The number of nitrogen functional groups attached to an aromatic ring is 1. The summed E-state index contributed by atoms with van der Waals surface area (Å²) in [4.78, 5) is 4.52. The van der Waals surface area contributed by atoms with Crippen molar-refractivity contribution in [3.05, 3.63) is 52.4 Å². The van der Waals surface area contributed by atoms with E-state index in [4.69, 9.17) is 5.73 Å². The monoisotopic (exact) mass is 319 g/mol. The summed E-state index contributed by atoms with van der Waals surface area (Å²) in [6.45, 7) is 1.97. The summed E-state index contributed by atoms with van der Waals surface area (Å²) in [6.07, 6.45) is 0. The molecular formula is C14H11BrFN3. The molecule has 0 unspecified atom stereocenters. The first-order valence-corrected chi connectivity index (χ1v) is 6.56. The highest BCUT2D eigenvalue weighted by molar-refractivity contribution is 9.10. The number of anilines is 1. The van der Waals surface area contributed by atoms with Crippen LogP contribution in [0.2, 0.25) is 0 Å². The highest BCUT2D eigenvalue weighted by atomic mass is 79.9. The number of aromatic nitrogens is 2. The Kier molecular flexibility index (Phi) is 2.78. The Morgan fingerprint density at radius 1 is 1.26 bits per heavy atom. The number of imidazole rings is 1. The van der Waals surface area contributed by atoms with Gasteiger partial charge in [-0.05, 0) is 53.2 Å². The molecule has 1 aromatic carbocycles. The smallest absolute Gasteiger partial charge is 0.139 e. The molecule has 0 fully saturated rings. The van der Waals surface area contributed by atoms with E-state index < -0.39 is 0 Å². The van der Waals surface area contributed by atoms with Crippen molar-refractivity contribution in [2.45, 2.75) is 6.92 Å². The molecule has 2 aromatic heterocycles. The summed E-state index contributed by atoms with van der Waals surface area (Å²) in [7, 11) is 0. The minimum atomic E-state index is -0.297. The van der Waals surface area contributed by atoms with Gasteiger partial charge in [0.1, 0.15) is 23.0 Å². The van der Waals surface area contributed by atoms with E-state index in [0.29, 0.717) is 16.0 Å². The molecule has 0 aliphatic rings. The fourth-order valence-electron chi connectivity index (χ4n) is 2.16. The topological polar surface area (TPSA) is 43.3 Å². The zero-order valence-electron chi connectivity index (χ0n) is 10.2. The Morgan fingerprint density at radius 3 is 2.74 bits per heavy atom. The second-order valence-electron chi connectivity index (χ2n) is 4.33. The van der Waals surface area contributed by atoms with Crippen LogP contribution in [0, 0.1) is 12.7 Å². The maximum Gasteiger partial charge on any atom is 0.139 e. The molecule has 2 N–H and O–H groups in total. The Bertz CT molecular complexity index is 780. The molecule has 19 heavy (non-hydrogen) atoms. The molecule has 3 rings (SSSR count). The van der Waals surface area contributed by atoms with E-state index in [-0.39, 0.29) is 5.82 Å². The number of pyridine rings is 1. The lowest BCUT2D eigenvalue weighted by Gasteiger charge is -2.04. The first kappa shape index (κ1) is 12.2. The van der Waals surface area contributed by atoms with Gasteiger partial charge in [0.2, 0.25) is 0 Å². The summed E-state index contributed by atoms with van der Waals surface area (Å²) < 4.78 is 15.7. The molecule has 3 nitrogen and oxygen atoms in total. The maximum absolute atomic E-state index is 13.1. The molecular weight excluding hydrogens is 309 g/mol. The predicted molar refractivity (Wildman–Crippen MR) is 77.4 cm³/mol. The summed E-state index contributed by atoms with van der Waals surface area (Å²) in [5.74, 6) is 0.259. The number of nitrogens with two attached hydrogens (primary N) is 1. The second-order valence-corrected chi connectivity index (χ2v) is 5.18. The highest BCUT2D eigenvalue weighted by Gasteiger charge is 2.15. The summed E-state index contributed by atoms with van der Waals surface area (Å²) in [6, 6.07) is 10.3. The van der Waals surface area contributed by atoms with Crippen LogP contribution in [-0.2, 0) is 0 Å². The lowest BCUT2D eigenvalue weighted by atomic mass is 10.1. The van der Waals surface area contributed by atoms with Crippen LogP contribution in [0.15, 0.2) is 40.9 Å². The zero-order valence-corrected chi connectivity index (χ0v) is 11.8. The normalized spacial score (nSPS) is 11.1. The van der Waals surface area contributed by atoms with Gasteiger partial charge in [-0.3, -0.25) is 4.40 Å². The largest absolute Gasteiger partial charge is 0.383 e. The SMILES string of the molecule is Cc1cccc2nc(-c3ccc(F)cc3Br)c(N)n12. The van der Waals surface area contributed by atoms with Crippen molar-refractivity contribution in [3.63, 3.8) is 0 Å². The number of halogens is 2. The molecule has 3 aromatic rings. The molecule has 0 radical (unpaired) electrons. The summed E-state index contributed by atoms with van der Waals surface area (Å²) >= 11 is 3.35. The molecule has 0 saturated heterocycles. The standard InChI is InChI=1S/C14H11BrFN3/c1-8-3-2-4-12-18-13(14(17)19(8)12)10-6-5-9(16)7-11(10)15/h2-7H,17H2,1H3. The number of hydrogen-bond acceptors (Lipinski definition) is 2. The lowest BCUT2D eigenvalue weighted by Crippen LogP contribution is -1.97. The molecule has 0 saturated carbocycles. The Morgan fingerprint density at radius 2 is 2.05 bits per heavy atom. The van der Waals surface area contributed by atoms with E-state index in [0.717, 1.165) is 16.9 Å². The molecule has 0 atom stereocenters. The predicted octanol–water partition coefficient (Wildman–Crippen LogP) is 3.79. The van der Waals surface area contributed by atoms with Gasteiger partial charge in [0, 0.05) is 15.7 Å². The van der Waals surface area contributed by atoms with Crippen LogP contribution in [0.5, 0.6) is 0 Å². The zero-order chi connectivity index (χ0) is 13.6. The third-order valence-corrected chi connectivity index (χ3v) is 3.72. The minimum absolute atomic E-state index is 0.297. The van der Waals surface area contributed by atoms with Crippen molar-refractivity contribution < 1.29 is 4.39 Å². The van der Waals surface area contributed by atoms with Crippen LogP contribution < -0.4 is 5.73 Å². The summed E-state index contributed by atoms with van der Waals surface area (Å²) in [5.41, 5.74) is 9.39. The number of benzene rings is 1. The van der Waals surface area contributed by atoms with Gasteiger partial charge in [-0.1, -0.05) is 6.07 Å². The van der Waals surface area contributed by atoms with Crippen LogP contribution in [0.3, 0.4) is 0 Å². The summed E-state index contributed by atoms with van der Waals surface area (Å²) in [5, 5.41) is 0. The van der Waals surface area contributed by atoms with Gasteiger partial charge in [0.15, 0.2) is 0 Å². The Labute approximate surface area is 118 Å². The second kappa shape index (κ2) is 4.35. The highest BCUT2D eigenvalue weighted by Crippen LogP contribution is 2.33. The van der Waals surface area contributed by atoms with Gasteiger partial charge < -0.3 is 5.73 Å². The van der Waals surface area contributed by atoms with E-state index in [2.05, 4.69) is 20.9 Å². The molecule has 0 aliphatic heterocycles. The van der Waals surface area contributed by atoms with Crippen LogP contribution in [-0.4, -0.2) is 9.38 Å². The Balaban J connectivity index is 2.31. The van der Waals surface area contributed by atoms with E-state index in [1.165, 1.54) is 12.1 Å².